The van der Waals surface area contributed by atoms with E-state index in [9.17, 15) is 4.79 Å². The van der Waals surface area contributed by atoms with Crippen molar-refractivity contribution >= 4 is 5.91 Å². The Bertz CT molecular complexity index is 574. The van der Waals surface area contributed by atoms with E-state index in [0.29, 0.717) is 5.56 Å². The molecule has 2 aromatic heterocycles. The van der Waals surface area contributed by atoms with Crippen LogP contribution in [0.2, 0.25) is 0 Å². The zero-order chi connectivity index (χ0) is 13.9. The molecule has 0 radical (unpaired) electrons. The Labute approximate surface area is 117 Å². The lowest BCUT2D eigenvalue weighted by Gasteiger charge is -2.23. The van der Waals surface area contributed by atoms with E-state index in [1.165, 1.54) is 0 Å². The summed E-state index contributed by atoms with van der Waals surface area (Å²) in [5.74, 6) is 0.0597. The van der Waals surface area contributed by atoms with Gasteiger partial charge >= 0.3 is 0 Å². The monoisotopic (exact) mass is 273 g/mol. The van der Waals surface area contributed by atoms with Crippen LogP contribution in [0.1, 0.15) is 48.3 Å². The number of H-pyrrole nitrogens is 1. The van der Waals surface area contributed by atoms with Crippen LogP contribution >= 0.6 is 0 Å². The molecular formula is C14H19N5O. The van der Waals surface area contributed by atoms with E-state index in [2.05, 4.69) is 22.2 Å². The number of rotatable bonds is 4. The first-order valence-corrected chi connectivity index (χ1v) is 7.12. The number of hydrogen-bond donors (Lipinski definition) is 1. The molecular weight excluding hydrogens is 254 g/mol. The first-order chi connectivity index (χ1) is 9.79. The largest absolute Gasteiger partial charge is 0.330 e. The predicted molar refractivity (Wildman–Crippen MR) is 74.1 cm³/mol. The maximum Gasteiger partial charge on any atom is 0.257 e. The van der Waals surface area contributed by atoms with E-state index in [1.54, 1.807) is 12.4 Å². The van der Waals surface area contributed by atoms with Crippen LogP contribution in [0, 0.1) is 0 Å². The molecule has 0 bridgehead atoms. The van der Waals surface area contributed by atoms with Crippen molar-refractivity contribution in [3.05, 3.63) is 35.9 Å². The molecule has 3 rings (SSSR count). The Morgan fingerprint density at radius 1 is 1.55 bits per heavy atom. The Morgan fingerprint density at radius 3 is 3.20 bits per heavy atom. The van der Waals surface area contributed by atoms with Gasteiger partial charge in [0.2, 0.25) is 0 Å². The van der Waals surface area contributed by atoms with E-state index < -0.39 is 0 Å². The smallest absolute Gasteiger partial charge is 0.257 e. The van der Waals surface area contributed by atoms with E-state index in [-0.39, 0.29) is 11.9 Å². The average Bonchev–Trinajstić information content (AvgIpc) is 3.19. The summed E-state index contributed by atoms with van der Waals surface area (Å²) in [5, 5.41) is 11.2. The molecule has 1 saturated heterocycles. The van der Waals surface area contributed by atoms with Gasteiger partial charge in [0.25, 0.3) is 5.91 Å². The highest BCUT2D eigenvalue weighted by atomic mass is 16.2. The van der Waals surface area contributed by atoms with Crippen molar-refractivity contribution in [1.82, 2.24) is 24.9 Å². The number of likely N-dealkylation sites (tertiary alicyclic amines) is 1. The van der Waals surface area contributed by atoms with Gasteiger partial charge in [-0.15, -0.1) is 0 Å². The quantitative estimate of drug-likeness (QED) is 0.926. The minimum Gasteiger partial charge on any atom is -0.330 e. The van der Waals surface area contributed by atoms with Gasteiger partial charge in [-0.25, -0.2) is 0 Å². The third-order valence-corrected chi connectivity index (χ3v) is 3.73. The molecule has 1 fully saturated rings. The Balaban J connectivity index is 1.78. The minimum atomic E-state index is 0.0597. The third-order valence-electron chi connectivity index (χ3n) is 3.73. The summed E-state index contributed by atoms with van der Waals surface area (Å²) >= 11 is 0. The fourth-order valence-corrected chi connectivity index (χ4v) is 2.78. The van der Waals surface area contributed by atoms with Crippen LogP contribution in [0.25, 0.3) is 0 Å². The molecule has 0 spiro atoms. The van der Waals surface area contributed by atoms with Crippen LogP contribution in [0.15, 0.2) is 24.7 Å². The molecule has 6 nitrogen and oxygen atoms in total. The van der Waals surface area contributed by atoms with Gasteiger partial charge in [0.05, 0.1) is 23.5 Å². The van der Waals surface area contributed by atoms with Crippen molar-refractivity contribution in [3.8, 4) is 0 Å². The second kappa shape index (κ2) is 5.48. The molecule has 106 valence electrons. The van der Waals surface area contributed by atoms with Gasteiger partial charge in [-0.3, -0.25) is 14.6 Å². The van der Waals surface area contributed by atoms with Crippen molar-refractivity contribution in [2.24, 2.45) is 0 Å². The topological polar surface area (TPSA) is 66.8 Å². The SMILES string of the molecule is CCCn1cc(C(=O)N2CCCC2c2ccn[nH]2)cn1. The number of aryl methyl sites for hydroxylation is 1. The van der Waals surface area contributed by atoms with Crippen LogP contribution < -0.4 is 0 Å². The molecule has 0 aliphatic carbocycles. The first-order valence-electron chi connectivity index (χ1n) is 7.12. The van der Waals surface area contributed by atoms with Crippen molar-refractivity contribution in [1.29, 1.82) is 0 Å². The number of amides is 1. The zero-order valence-electron chi connectivity index (χ0n) is 11.6. The highest BCUT2D eigenvalue weighted by Gasteiger charge is 2.31. The number of aromatic nitrogens is 4. The molecule has 1 aliphatic rings. The van der Waals surface area contributed by atoms with E-state index >= 15 is 0 Å². The zero-order valence-corrected chi connectivity index (χ0v) is 11.6. The number of nitrogens with zero attached hydrogens (tertiary/aromatic N) is 4. The van der Waals surface area contributed by atoms with Gasteiger partial charge < -0.3 is 4.90 Å². The van der Waals surface area contributed by atoms with Crippen molar-refractivity contribution in [2.75, 3.05) is 6.54 Å². The van der Waals surface area contributed by atoms with Crippen LogP contribution in [0.4, 0.5) is 0 Å². The fourth-order valence-electron chi connectivity index (χ4n) is 2.78. The normalized spacial score (nSPS) is 18.6. The van der Waals surface area contributed by atoms with E-state index in [0.717, 1.165) is 38.0 Å². The summed E-state index contributed by atoms with van der Waals surface area (Å²) in [6, 6.07) is 2.05. The molecule has 1 aliphatic heterocycles. The van der Waals surface area contributed by atoms with Crippen molar-refractivity contribution in [3.63, 3.8) is 0 Å². The van der Waals surface area contributed by atoms with Gasteiger partial charge in [0.15, 0.2) is 0 Å². The molecule has 0 aromatic carbocycles. The molecule has 3 heterocycles. The maximum absolute atomic E-state index is 12.6. The number of hydrogen-bond acceptors (Lipinski definition) is 3. The third kappa shape index (κ3) is 2.33. The van der Waals surface area contributed by atoms with E-state index in [4.69, 9.17) is 0 Å². The molecule has 1 N–H and O–H groups in total. The lowest BCUT2D eigenvalue weighted by atomic mass is 10.1. The Hall–Kier alpha value is -2.11. The summed E-state index contributed by atoms with van der Waals surface area (Å²) < 4.78 is 1.83. The second-order valence-corrected chi connectivity index (χ2v) is 5.16. The van der Waals surface area contributed by atoms with Crippen LogP contribution in [0.3, 0.4) is 0 Å². The van der Waals surface area contributed by atoms with Crippen molar-refractivity contribution < 1.29 is 4.79 Å². The van der Waals surface area contributed by atoms with Crippen molar-refractivity contribution in [2.45, 2.75) is 38.8 Å². The maximum atomic E-state index is 12.6. The number of carbonyl (C=O) groups is 1. The van der Waals surface area contributed by atoms with Crippen LogP contribution in [-0.4, -0.2) is 37.3 Å². The Kier molecular flexibility index (Phi) is 3.54. The number of nitrogens with one attached hydrogen (secondary N) is 1. The summed E-state index contributed by atoms with van der Waals surface area (Å²) in [4.78, 5) is 14.5. The van der Waals surface area contributed by atoms with Gasteiger partial charge in [-0.05, 0) is 25.3 Å². The molecule has 2 aromatic rings. The number of carbonyl (C=O) groups excluding carboxylic acids is 1. The molecule has 20 heavy (non-hydrogen) atoms. The molecule has 0 saturated carbocycles. The lowest BCUT2D eigenvalue weighted by molar-refractivity contribution is 0.0733. The standard InChI is InChI=1S/C14H19N5O/c1-2-7-18-10-11(9-16-18)14(20)19-8-3-4-13(19)12-5-6-15-17-12/h5-6,9-10,13H,2-4,7-8H2,1H3,(H,15,17). The second-order valence-electron chi connectivity index (χ2n) is 5.16. The minimum absolute atomic E-state index is 0.0597. The van der Waals surface area contributed by atoms with E-state index in [1.807, 2.05) is 21.8 Å². The van der Waals surface area contributed by atoms with Gasteiger partial charge in [-0.1, -0.05) is 6.92 Å². The highest BCUT2D eigenvalue weighted by Crippen LogP contribution is 2.31. The fraction of sp³-hybridized carbons (Fsp3) is 0.500. The predicted octanol–water partition coefficient (Wildman–Crippen LogP) is 1.99. The summed E-state index contributed by atoms with van der Waals surface area (Å²) in [5.41, 5.74) is 1.68. The lowest BCUT2D eigenvalue weighted by Crippen LogP contribution is -2.30. The highest BCUT2D eigenvalue weighted by molar-refractivity contribution is 5.94. The summed E-state index contributed by atoms with van der Waals surface area (Å²) in [7, 11) is 0. The Morgan fingerprint density at radius 2 is 2.45 bits per heavy atom. The molecule has 1 unspecified atom stereocenters. The van der Waals surface area contributed by atoms with Gasteiger partial charge in [-0.2, -0.15) is 10.2 Å². The first kappa shape index (κ1) is 12.9. The van der Waals surface area contributed by atoms with Crippen LogP contribution in [-0.2, 0) is 6.54 Å². The molecule has 1 amide bonds. The molecule has 6 heteroatoms. The number of aromatic amines is 1. The average molecular weight is 273 g/mol. The summed E-state index contributed by atoms with van der Waals surface area (Å²) in [6.07, 6.45) is 8.26. The van der Waals surface area contributed by atoms with Gasteiger partial charge in [0.1, 0.15) is 0 Å². The molecule has 1 atom stereocenters. The summed E-state index contributed by atoms with van der Waals surface area (Å²) in [6.45, 7) is 3.73. The van der Waals surface area contributed by atoms with Crippen LogP contribution in [0.5, 0.6) is 0 Å². The van der Waals surface area contributed by atoms with Gasteiger partial charge in [0, 0.05) is 25.5 Å².